The lowest BCUT2D eigenvalue weighted by Crippen LogP contribution is -2.43. The summed E-state index contributed by atoms with van der Waals surface area (Å²) >= 11 is 1.54. The number of nitrogens with one attached hydrogen (secondary N) is 2. The summed E-state index contributed by atoms with van der Waals surface area (Å²) in [5.74, 6) is -0.788. The van der Waals surface area contributed by atoms with Gasteiger partial charge in [0.1, 0.15) is 12.1 Å². The summed E-state index contributed by atoms with van der Waals surface area (Å²) in [5, 5.41) is 7.44. The Morgan fingerprint density at radius 2 is 1.92 bits per heavy atom. The van der Waals surface area contributed by atoms with Crippen LogP contribution in [0.25, 0.3) is 0 Å². The summed E-state index contributed by atoms with van der Waals surface area (Å²) in [7, 11) is 0. The smallest absolute Gasteiger partial charge is 0.325 e. The van der Waals surface area contributed by atoms with Crippen molar-refractivity contribution in [3.05, 3.63) is 58.3 Å². The number of urea groups is 1. The fourth-order valence-electron chi connectivity index (χ4n) is 2.73. The fraction of sp³-hybridized carbons (Fsp3) is 0.278. The molecule has 1 aromatic heterocycles. The van der Waals surface area contributed by atoms with Gasteiger partial charge in [-0.3, -0.25) is 14.5 Å². The molecule has 1 aromatic carbocycles. The zero-order valence-corrected chi connectivity index (χ0v) is 14.8. The molecule has 25 heavy (non-hydrogen) atoms. The molecule has 1 atom stereocenters. The van der Waals surface area contributed by atoms with Gasteiger partial charge in [0, 0.05) is 4.88 Å². The number of rotatable bonds is 5. The van der Waals surface area contributed by atoms with Gasteiger partial charge in [-0.2, -0.15) is 0 Å². The monoisotopic (exact) mass is 357 g/mol. The molecule has 2 heterocycles. The van der Waals surface area contributed by atoms with E-state index in [1.807, 2.05) is 47.8 Å². The number of carbonyl (C=O) groups excluding carboxylic acids is 3. The van der Waals surface area contributed by atoms with Crippen LogP contribution in [0.5, 0.6) is 0 Å². The average Bonchev–Trinajstić information content (AvgIpc) is 3.17. The lowest BCUT2D eigenvalue weighted by atomic mass is 10.1. The Morgan fingerprint density at radius 3 is 2.48 bits per heavy atom. The minimum absolute atomic E-state index is 0.303. The molecule has 1 fully saturated rings. The van der Waals surface area contributed by atoms with Gasteiger partial charge in [-0.25, -0.2) is 4.79 Å². The molecule has 7 heteroatoms. The van der Waals surface area contributed by atoms with E-state index < -0.39 is 17.5 Å². The van der Waals surface area contributed by atoms with E-state index in [-0.39, 0.29) is 18.5 Å². The Kier molecular flexibility index (Phi) is 4.59. The Labute approximate surface area is 149 Å². The maximum Gasteiger partial charge on any atom is 0.325 e. The van der Waals surface area contributed by atoms with Crippen molar-refractivity contribution >= 4 is 29.2 Å². The molecule has 0 unspecified atom stereocenters. The maximum absolute atomic E-state index is 12.5. The average molecular weight is 357 g/mol. The molecule has 0 radical (unpaired) electrons. The fourth-order valence-corrected chi connectivity index (χ4v) is 3.53. The molecule has 1 aliphatic heterocycles. The van der Waals surface area contributed by atoms with E-state index >= 15 is 0 Å². The second-order valence-corrected chi connectivity index (χ2v) is 7.35. The Balaban J connectivity index is 1.76. The predicted molar refractivity (Wildman–Crippen MR) is 95.1 cm³/mol. The highest BCUT2D eigenvalue weighted by Crippen LogP contribution is 2.26. The quantitative estimate of drug-likeness (QED) is 0.806. The molecule has 0 aliphatic carbocycles. The normalized spacial score (nSPS) is 17.3. The van der Waals surface area contributed by atoms with Crippen molar-refractivity contribution < 1.29 is 14.4 Å². The third-order valence-corrected chi connectivity index (χ3v) is 4.95. The first-order valence-corrected chi connectivity index (χ1v) is 8.78. The summed E-state index contributed by atoms with van der Waals surface area (Å²) in [4.78, 5) is 38.6. The van der Waals surface area contributed by atoms with Gasteiger partial charge in [-0.15, -0.1) is 11.3 Å². The molecule has 6 nitrogen and oxygen atoms in total. The second-order valence-electron chi connectivity index (χ2n) is 6.37. The molecule has 1 aliphatic rings. The van der Waals surface area contributed by atoms with Crippen molar-refractivity contribution in [3.63, 3.8) is 0 Å². The van der Waals surface area contributed by atoms with Gasteiger partial charge in [0.2, 0.25) is 5.91 Å². The number of hydrogen-bond donors (Lipinski definition) is 2. The SMILES string of the molecule is CC1(C)NC(=O)N(CC(=O)N[C@@H](c2ccccc2)c2cccs2)C1=O. The summed E-state index contributed by atoms with van der Waals surface area (Å²) in [6.45, 7) is 2.93. The lowest BCUT2D eigenvalue weighted by Gasteiger charge is -2.20. The van der Waals surface area contributed by atoms with Crippen LogP contribution in [0.2, 0.25) is 0 Å². The van der Waals surface area contributed by atoms with E-state index in [0.29, 0.717) is 0 Å². The van der Waals surface area contributed by atoms with Gasteiger partial charge in [-0.05, 0) is 30.9 Å². The van der Waals surface area contributed by atoms with Gasteiger partial charge in [-0.1, -0.05) is 36.4 Å². The van der Waals surface area contributed by atoms with Crippen molar-refractivity contribution in [1.82, 2.24) is 15.5 Å². The van der Waals surface area contributed by atoms with Crippen molar-refractivity contribution in [2.45, 2.75) is 25.4 Å². The molecular weight excluding hydrogens is 338 g/mol. The first kappa shape index (κ1) is 17.2. The summed E-state index contributed by atoms with van der Waals surface area (Å²) < 4.78 is 0. The largest absolute Gasteiger partial charge is 0.343 e. The molecule has 0 spiro atoms. The van der Waals surface area contributed by atoms with E-state index in [9.17, 15) is 14.4 Å². The minimum atomic E-state index is -0.982. The van der Waals surface area contributed by atoms with E-state index in [1.54, 1.807) is 13.8 Å². The summed E-state index contributed by atoms with van der Waals surface area (Å²) in [6.07, 6.45) is 0. The first-order valence-electron chi connectivity index (χ1n) is 7.90. The van der Waals surface area contributed by atoms with Gasteiger partial charge in [0.15, 0.2) is 0 Å². The highest BCUT2D eigenvalue weighted by Gasteiger charge is 2.45. The number of hydrogen-bond acceptors (Lipinski definition) is 4. The highest BCUT2D eigenvalue weighted by molar-refractivity contribution is 7.10. The van der Waals surface area contributed by atoms with Crippen molar-refractivity contribution in [1.29, 1.82) is 0 Å². The highest BCUT2D eigenvalue weighted by atomic mass is 32.1. The molecule has 130 valence electrons. The zero-order valence-electron chi connectivity index (χ0n) is 14.0. The third kappa shape index (κ3) is 3.56. The van der Waals surface area contributed by atoms with Crippen LogP contribution in [0.3, 0.4) is 0 Å². The van der Waals surface area contributed by atoms with E-state index in [1.165, 1.54) is 11.3 Å². The molecule has 3 rings (SSSR count). The van der Waals surface area contributed by atoms with E-state index in [0.717, 1.165) is 15.3 Å². The van der Waals surface area contributed by atoms with Crippen molar-refractivity contribution in [2.75, 3.05) is 6.54 Å². The number of imide groups is 1. The molecule has 4 amide bonds. The topological polar surface area (TPSA) is 78.5 Å². The lowest BCUT2D eigenvalue weighted by molar-refractivity contribution is -0.134. The Hall–Kier alpha value is -2.67. The van der Waals surface area contributed by atoms with Gasteiger partial charge >= 0.3 is 6.03 Å². The Bertz CT molecular complexity index is 787. The summed E-state index contributed by atoms with van der Waals surface area (Å²) in [6, 6.07) is 12.6. The van der Waals surface area contributed by atoms with E-state index in [2.05, 4.69) is 10.6 Å². The van der Waals surface area contributed by atoms with Crippen molar-refractivity contribution in [3.8, 4) is 0 Å². The third-order valence-electron chi connectivity index (χ3n) is 4.01. The van der Waals surface area contributed by atoms with Crippen LogP contribution in [0.15, 0.2) is 47.8 Å². The van der Waals surface area contributed by atoms with Crippen LogP contribution in [-0.2, 0) is 9.59 Å². The van der Waals surface area contributed by atoms with E-state index in [4.69, 9.17) is 0 Å². The van der Waals surface area contributed by atoms with Crippen LogP contribution >= 0.6 is 11.3 Å². The maximum atomic E-state index is 12.5. The number of nitrogens with zero attached hydrogens (tertiary/aromatic N) is 1. The minimum Gasteiger partial charge on any atom is -0.343 e. The van der Waals surface area contributed by atoms with Crippen molar-refractivity contribution in [2.24, 2.45) is 0 Å². The van der Waals surface area contributed by atoms with Gasteiger partial charge < -0.3 is 10.6 Å². The zero-order chi connectivity index (χ0) is 18.0. The van der Waals surface area contributed by atoms with Gasteiger partial charge in [0.05, 0.1) is 6.04 Å². The molecule has 0 saturated carbocycles. The molecule has 1 saturated heterocycles. The number of carbonyl (C=O) groups is 3. The van der Waals surface area contributed by atoms with Crippen LogP contribution in [0.4, 0.5) is 4.79 Å². The molecule has 2 aromatic rings. The van der Waals surface area contributed by atoms with Crippen LogP contribution in [0, 0.1) is 0 Å². The summed E-state index contributed by atoms with van der Waals surface area (Å²) in [5.41, 5.74) is -0.0416. The Morgan fingerprint density at radius 1 is 1.20 bits per heavy atom. The van der Waals surface area contributed by atoms with Crippen LogP contribution in [0.1, 0.15) is 30.3 Å². The second kappa shape index (κ2) is 6.68. The molecule has 2 N–H and O–H groups in total. The molecular formula is C18H19N3O3S. The van der Waals surface area contributed by atoms with Gasteiger partial charge in [0.25, 0.3) is 5.91 Å². The predicted octanol–water partition coefficient (Wildman–Crippen LogP) is 2.28. The molecule has 0 bridgehead atoms. The van der Waals surface area contributed by atoms with Crippen LogP contribution < -0.4 is 10.6 Å². The number of amides is 4. The standard InChI is InChI=1S/C18H19N3O3S/c1-18(2)16(23)21(17(24)20-18)11-14(22)19-15(13-9-6-10-25-13)12-7-4-3-5-8-12/h3-10,15H,11H2,1-2H3,(H,19,22)(H,20,24)/t15-/m0/s1. The van der Waals surface area contributed by atoms with Crippen LogP contribution in [-0.4, -0.2) is 34.8 Å². The number of benzene rings is 1. The first-order chi connectivity index (χ1) is 11.9. The number of thiophene rings is 1.